The number of ether oxygens (including phenoxy) is 1. The van der Waals surface area contributed by atoms with Gasteiger partial charge >= 0.3 is 6.01 Å². The Morgan fingerprint density at radius 1 is 1.32 bits per heavy atom. The van der Waals surface area contributed by atoms with E-state index in [9.17, 15) is 0 Å². The van der Waals surface area contributed by atoms with Crippen LogP contribution in [-0.2, 0) is 0 Å². The van der Waals surface area contributed by atoms with Crippen LogP contribution < -0.4 is 15.4 Å². The molecule has 2 aromatic rings. The fourth-order valence-corrected chi connectivity index (χ4v) is 1.53. The van der Waals surface area contributed by atoms with E-state index in [1.807, 2.05) is 26.0 Å². The van der Waals surface area contributed by atoms with Crippen molar-refractivity contribution < 1.29 is 9.15 Å². The molecule has 19 heavy (non-hydrogen) atoms. The maximum atomic E-state index is 5.32. The molecule has 2 aromatic heterocycles. The monoisotopic (exact) mass is 263 g/mol. The molecule has 0 radical (unpaired) electrons. The summed E-state index contributed by atoms with van der Waals surface area (Å²) >= 11 is 0. The van der Waals surface area contributed by atoms with E-state index in [4.69, 9.17) is 9.15 Å². The Bertz CT molecular complexity index is 515. The van der Waals surface area contributed by atoms with Crippen molar-refractivity contribution >= 4 is 11.9 Å². The van der Waals surface area contributed by atoms with E-state index in [1.165, 1.54) is 0 Å². The van der Waals surface area contributed by atoms with Gasteiger partial charge in [0.15, 0.2) is 0 Å². The third kappa shape index (κ3) is 3.34. The second kappa shape index (κ2) is 6.03. The highest BCUT2D eigenvalue weighted by molar-refractivity contribution is 5.36. The minimum absolute atomic E-state index is 0.0448. The van der Waals surface area contributed by atoms with Crippen molar-refractivity contribution in [1.82, 2.24) is 15.0 Å². The Balaban J connectivity index is 2.16. The van der Waals surface area contributed by atoms with Crippen LogP contribution in [0.3, 0.4) is 0 Å². The summed E-state index contributed by atoms with van der Waals surface area (Å²) < 4.78 is 10.6. The molecule has 7 heteroatoms. The fraction of sp³-hybridized carbons (Fsp3) is 0.417. The molecule has 0 aliphatic heterocycles. The second-order valence-electron chi connectivity index (χ2n) is 3.83. The number of hydrogen-bond acceptors (Lipinski definition) is 7. The predicted octanol–water partition coefficient (Wildman–Crippen LogP) is 2.08. The Kier molecular flexibility index (Phi) is 4.17. The van der Waals surface area contributed by atoms with Crippen molar-refractivity contribution in [3.63, 3.8) is 0 Å². The molecule has 0 aliphatic rings. The molecule has 1 unspecified atom stereocenters. The molecule has 2 N–H and O–H groups in total. The molecular weight excluding hydrogens is 246 g/mol. The van der Waals surface area contributed by atoms with Gasteiger partial charge in [0, 0.05) is 7.05 Å². The highest BCUT2D eigenvalue weighted by Gasteiger charge is 2.12. The molecule has 0 aliphatic carbocycles. The molecule has 102 valence electrons. The Labute approximate surface area is 111 Å². The quantitative estimate of drug-likeness (QED) is 0.825. The second-order valence-corrected chi connectivity index (χ2v) is 3.83. The zero-order valence-electron chi connectivity index (χ0n) is 11.2. The van der Waals surface area contributed by atoms with E-state index in [-0.39, 0.29) is 12.1 Å². The summed E-state index contributed by atoms with van der Waals surface area (Å²) in [5, 5.41) is 6.01. The molecule has 0 fully saturated rings. The van der Waals surface area contributed by atoms with Crippen LogP contribution in [0.15, 0.2) is 22.8 Å². The van der Waals surface area contributed by atoms with E-state index in [0.717, 1.165) is 5.76 Å². The highest BCUT2D eigenvalue weighted by Crippen LogP contribution is 2.19. The van der Waals surface area contributed by atoms with Crippen molar-refractivity contribution in [3.05, 3.63) is 24.2 Å². The molecule has 2 rings (SSSR count). The topological polar surface area (TPSA) is 85.1 Å². The summed E-state index contributed by atoms with van der Waals surface area (Å²) in [4.78, 5) is 12.5. The molecule has 7 nitrogen and oxygen atoms in total. The van der Waals surface area contributed by atoms with Crippen molar-refractivity contribution in [1.29, 1.82) is 0 Å². The molecule has 0 saturated carbocycles. The highest BCUT2D eigenvalue weighted by atomic mass is 16.5. The van der Waals surface area contributed by atoms with Crippen LogP contribution in [0.4, 0.5) is 11.9 Å². The first kappa shape index (κ1) is 13.1. The van der Waals surface area contributed by atoms with Gasteiger partial charge in [-0.05, 0) is 26.0 Å². The van der Waals surface area contributed by atoms with Crippen molar-refractivity contribution in [2.24, 2.45) is 0 Å². The lowest BCUT2D eigenvalue weighted by Gasteiger charge is -2.12. The van der Waals surface area contributed by atoms with Crippen molar-refractivity contribution in [3.8, 4) is 6.01 Å². The van der Waals surface area contributed by atoms with E-state index >= 15 is 0 Å². The summed E-state index contributed by atoms with van der Waals surface area (Å²) in [6.07, 6.45) is 1.63. The lowest BCUT2D eigenvalue weighted by atomic mass is 10.2. The number of anilines is 2. The van der Waals surface area contributed by atoms with Crippen molar-refractivity contribution in [2.45, 2.75) is 19.9 Å². The molecule has 1 atom stereocenters. The number of aromatic nitrogens is 3. The summed E-state index contributed by atoms with van der Waals surface area (Å²) in [6.45, 7) is 4.34. The Morgan fingerprint density at radius 2 is 2.11 bits per heavy atom. The molecule has 0 bridgehead atoms. The van der Waals surface area contributed by atoms with Gasteiger partial charge in [-0.2, -0.15) is 15.0 Å². The van der Waals surface area contributed by atoms with Gasteiger partial charge in [-0.1, -0.05) is 0 Å². The van der Waals surface area contributed by atoms with E-state index in [1.54, 1.807) is 13.3 Å². The standard InChI is InChI=1S/C12H17N5O2/c1-4-18-12-16-10(13-3)15-11(17-12)14-8(2)9-6-5-7-19-9/h5-8H,4H2,1-3H3,(H2,13,14,15,16,17). The van der Waals surface area contributed by atoms with Crippen LogP contribution >= 0.6 is 0 Å². The Morgan fingerprint density at radius 3 is 2.74 bits per heavy atom. The normalized spacial score (nSPS) is 11.9. The van der Waals surface area contributed by atoms with Gasteiger partial charge in [0.1, 0.15) is 5.76 Å². The SMILES string of the molecule is CCOc1nc(NC)nc(NC(C)c2ccco2)n1. The lowest BCUT2D eigenvalue weighted by molar-refractivity contribution is 0.312. The van der Waals surface area contributed by atoms with Gasteiger partial charge in [0.25, 0.3) is 0 Å². The number of rotatable bonds is 6. The van der Waals surface area contributed by atoms with Gasteiger partial charge in [-0.15, -0.1) is 0 Å². The number of furan rings is 1. The fourth-order valence-electron chi connectivity index (χ4n) is 1.53. The van der Waals surface area contributed by atoms with Crippen molar-refractivity contribution in [2.75, 3.05) is 24.3 Å². The van der Waals surface area contributed by atoms with Crippen LogP contribution in [0.25, 0.3) is 0 Å². The van der Waals surface area contributed by atoms with Crippen LogP contribution in [0.2, 0.25) is 0 Å². The summed E-state index contributed by atoms with van der Waals surface area (Å²) in [5.74, 6) is 1.70. The first-order valence-corrected chi connectivity index (χ1v) is 6.09. The molecule has 0 aromatic carbocycles. The van der Waals surface area contributed by atoms with Crippen LogP contribution in [0.1, 0.15) is 25.6 Å². The van der Waals surface area contributed by atoms with E-state index in [0.29, 0.717) is 18.5 Å². The van der Waals surface area contributed by atoms with Crippen LogP contribution in [-0.4, -0.2) is 28.6 Å². The average Bonchev–Trinajstić information content (AvgIpc) is 2.92. The average molecular weight is 263 g/mol. The van der Waals surface area contributed by atoms with Gasteiger partial charge in [-0.25, -0.2) is 0 Å². The molecule has 0 amide bonds. The zero-order valence-corrected chi connectivity index (χ0v) is 11.2. The number of hydrogen-bond donors (Lipinski definition) is 2. The third-order valence-electron chi connectivity index (χ3n) is 2.43. The lowest BCUT2D eigenvalue weighted by Crippen LogP contribution is -2.12. The minimum Gasteiger partial charge on any atom is -0.467 e. The van der Waals surface area contributed by atoms with Gasteiger partial charge in [0.05, 0.1) is 18.9 Å². The molecule has 0 spiro atoms. The zero-order chi connectivity index (χ0) is 13.7. The largest absolute Gasteiger partial charge is 0.467 e. The smallest absolute Gasteiger partial charge is 0.323 e. The molecular formula is C12H17N5O2. The number of nitrogens with zero attached hydrogens (tertiary/aromatic N) is 3. The van der Waals surface area contributed by atoms with Crippen LogP contribution in [0, 0.1) is 0 Å². The minimum atomic E-state index is -0.0448. The summed E-state index contributed by atoms with van der Waals surface area (Å²) in [7, 11) is 1.74. The molecule has 2 heterocycles. The van der Waals surface area contributed by atoms with E-state index < -0.39 is 0 Å². The Hall–Kier alpha value is -2.31. The van der Waals surface area contributed by atoms with Gasteiger partial charge in [0.2, 0.25) is 11.9 Å². The number of nitrogens with one attached hydrogen (secondary N) is 2. The van der Waals surface area contributed by atoms with E-state index in [2.05, 4.69) is 25.6 Å². The third-order valence-corrected chi connectivity index (χ3v) is 2.43. The van der Waals surface area contributed by atoms with Gasteiger partial charge in [-0.3, -0.25) is 0 Å². The maximum Gasteiger partial charge on any atom is 0.323 e. The first-order chi connectivity index (χ1) is 9.22. The summed E-state index contributed by atoms with van der Waals surface area (Å²) in [5.41, 5.74) is 0. The van der Waals surface area contributed by atoms with Crippen LogP contribution in [0.5, 0.6) is 6.01 Å². The molecule has 0 saturated heterocycles. The predicted molar refractivity (Wildman–Crippen MR) is 71.3 cm³/mol. The first-order valence-electron chi connectivity index (χ1n) is 6.09. The van der Waals surface area contributed by atoms with Gasteiger partial charge < -0.3 is 19.8 Å². The summed E-state index contributed by atoms with van der Waals surface area (Å²) in [6, 6.07) is 3.97. The maximum absolute atomic E-state index is 5.32.